The minimum absolute atomic E-state index is 0.240. The normalized spacial score (nSPS) is 14.2. The molecule has 1 atom stereocenters. The lowest BCUT2D eigenvalue weighted by Crippen LogP contribution is -2.35. The predicted octanol–water partition coefficient (Wildman–Crippen LogP) is 5.33. The van der Waals surface area contributed by atoms with Crippen LogP contribution in [0.25, 0.3) is 0 Å². The van der Waals surface area contributed by atoms with Gasteiger partial charge in [0.2, 0.25) is 0 Å². The highest BCUT2D eigenvalue weighted by molar-refractivity contribution is 5.28. The van der Waals surface area contributed by atoms with Gasteiger partial charge in [0, 0.05) is 6.04 Å². The van der Waals surface area contributed by atoms with Crippen LogP contribution in [0.2, 0.25) is 0 Å². The molecule has 1 unspecified atom stereocenters. The van der Waals surface area contributed by atoms with Crippen molar-refractivity contribution in [3.05, 3.63) is 35.4 Å². The first-order valence-electron chi connectivity index (χ1n) is 8.44. The topological polar surface area (TPSA) is 12.0 Å². The molecule has 0 saturated heterocycles. The Labute approximate surface area is 132 Å². The number of rotatable bonds is 6. The number of nitrogens with one attached hydrogen (secondary N) is 1. The molecule has 1 nitrogen and oxygen atoms in total. The Hall–Kier alpha value is -0.820. The van der Waals surface area contributed by atoms with Crippen molar-refractivity contribution in [2.75, 3.05) is 6.54 Å². The molecule has 0 fully saturated rings. The minimum atomic E-state index is 0.240. The quantitative estimate of drug-likeness (QED) is 0.746. The maximum atomic E-state index is 3.72. The van der Waals surface area contributed by atoms with Crippen LogP contribution in [0.15, 0.2) is 24.3 Å². The maximum absolute atomic E-state index is 3.72. The van der Waals surface area contributed by atoms with E-state index in [-0.39, 0.29) is 5.41 Å². The van der Waals surface area contributed by atoms with Crippen LogP contribution in [-0.4, -0.2) is 12.6 Å². The maximum Gasteiger partial charge on any atom is 0.0112 e. The molecule has 0 radical (unpaired) electrons. The second kappa shape index (κ2) is 7.45. The van der Waals surface area contributed by atoms with Crippen molar-refractivity contribution >= 4 is 0 Å². The molecule has 0 aliphatic rings. The van der Waals surface area contributed by atoms with E-state index in [4.69, 9.17) is 0 Å². The fraction of sp³-hybridized carbons (Fsp3) is 0.700. The third-order valence-corrected chi connectivity index (χ3v) is 3.84. The van der Waals surface area contributed by atoms with Crippen molar-refractivity contribution in [1.29, 1.82) is 0 Å². The molecule has 0 aliphatic heterocycles. The van der Waals surface area contributed by atoms with Gasteiger partial charge in [0.25, 0.3) is 0 Å². The van der Waals surface area contributed by atoms with Gasteiger partial charge >= 0.3 is 0 Å². The third kappa shape index (κ3) is 7.13. The first-order chi connectivity index (χ1) is 9.62. The molecule has 0 amide bonds. The van der Waals surface area contributed by atoms with Gasteiger partial charge in [-0.3, -0.25) is 0 Å². The Morgan fingerprint density at radius 2 is 1.52 bits per heavy atom. The standard InChI is InChI=1S/C20H35N/c1-8-13-21-18(15-19(2,3)4)14-16-9-11-17(12-10-16)20(5,6)7/h9-12,18,21H,8,13-15H2,1-7H3. The largest absolute Gasteiger partial charge is 0.314 e. The fourth-order valence-corrected chi connectivity index (χ4v) is 2.73. The van der Waals surface area contributed by atoms with E-state index in [1.807, 2.05) is 0 Å². The Morgan fingerprint density at radius 3 is 1.95 bits per heavy atom. The van der Waals surface area contributed by atoms with E-state index in [2.05, 4.69) is 78.0 Å². The summed E-state index contributed by atoms with van der Waals surface area (Å²) < 4.78 is 0. The van der Waals surface area contributed by atoms with Gasteiger partial charge in [0.1, 0.15) is 0 Å². The summed E-state index contributed by atoms with van der Waals surface area (Å²) in [4.78, 5) is 0. The van der Waals surface area contributed by atoms with E-state index in [9.17, 15) is 0 Å². The van der Waals surface area contributed by atoms with Crippen LogP contribution in [0.1, 0.15) is 72.4 Å². The summed E-state index contributed by atoms with van der Waals surface area (Å²) in [6.07, 6.45) is 3.54. The van der Waals surface area contributed by atoms with Crippen LogP contribution in [0.5, 0.6) is 0 Å². The smallest absolute Gasteiger partial charge is 0.0112 e. The van der Waals surface area contributed by atoms with Gasteiger partial charge in [-0.2, -0.15) is 0 Å². The molecule has 0 spiro atoms. The SMILES string of the molecule is CCCNC(Cc1ccc(C(C)(C)C)cc1)CC(C)(C)C. The summed E-state index contributed by atoms with van der Waals surface area (Å²) in [5.41, 5.74) is 3.47. The van der Waals surface area contributed by atoms with Crippen LogP contribution in [0, 0.1) is 5.41 Å². The summed E-state index contributed by atoms with van der Waals surface area (Å²) in [7, 11) is 0. The monoisotopic (exact) mass is 289 g/mol. The zero-order valence-electron chi connectivity index (χ0n) is 15.2. The molecular formula is C20H35N. The molecule has 0 bridgehead atoms. The van der Waals surface area contributed by atoms with Crippen LogP contribution >= 0.6 is 0 Å². The molecule has 1 heteroatoms. The van der Waals surface area contributed by atoms with Crippen molar-refractivity contribution < 1.29 is 0 Å². The molecule has 0 aromatic heterocycles. The zero-order valence-corrected chi connectivity index (χ0v) is 15.2. The van der Waals surface area contributed by atoms with Gasteiger partial charge in [-0.1, -0.05) is 72.7 Å². The molecule has 0 heterocycles. The molecule has 120 valence electrons. The third-order valence-electron chi connectivity index (χ3n) is 3.84. The van der Waals surface area contributed by atoms with Crippen LogP contribution in [0.3, 0.4) is 0 Å². The molecule has 1 aromatic rings. The molecule has 21 heavy (non-hydrogen) atoms. The molecule has 1 rings (SSSR count). The lowest BCUT2D eigenvalue weighted by molar-refractivity contribution is 0.306. The zero-order chi connectivity index (χ0) is 16.1. The highest BCUT2D eigenvalue weighted by Gasteiger charge is 2.19. The van der Waals surface area contributed by atoms with E-state index in [1.165, 1.54) is 24.0 Å². The van der Waals surface area contributed by atoms with Gasteiger partial charge in [-0.25, -0.2) is 0 Å². The summed E-state index contributed by atoms with van der Waals surface area (Å²) in [6.45, 7) is 17.1. The van der Waals surface area contributed by atoms with E-state index in [0.717, 1.165) is 13.0 Å². The molecular weight excluding hydrogens is 254 g/mol. The van der Waals surface area contributed by atoms with Gasteiger partial charge < -0.3 is 5.32 Å². The lowest BCUT2D eigenvalue weighted by Gasteiger charge is -2.27. The average molecular weight is 290 g/mol. The van der Waals surface area contributed by atoms with Gasteiger partial charge in [-0.15, -0.1) is 0 Å². The molecule has 0 saturated carbocycles. The summed E-state index contributed by atoms with van der Waals surface area (Å²) in [5, 5.41) is 3.72. The average Bonchev–Trinajstić information content (AvgIpc) is 2.33. The number of hydrogen-bond acceptors (Lipinski definition) is 1. The fourth-order valence-electron chi connectivity index (χ4n) is 2.73. The van der Waals surface area contributed by atoms with Crippen molar-refractivity contribution in [3.8, 4) is 0 Å². The van der Waals surface area contributed by atoms with E-state index in [0.29, 0.717) is 11.5 Å². The summed E-state index contributed by atoms with van der Waals surface area (Å²) in [6, 6.07) is 9.78. The lowest BCUT2D eigenvalue weighted by atomic mass is 9.84. The van der Waals surface area contributed by atoms with E-state index in [1.54, 1.807) is 0 Å². The molecule has 1 N–H and O–H groups in total. The van der Waals surface area contributed by atoms with Crippen LogP contribution in [0.4, 0.5) is 0 Å². The molecule has 0 aliphatic carbocycles. The van der Waals surface area contributed by atoms with Gasteiger partial charge in [0.05, 0.1) is 0 Å². The van der Waals surface area contributed by atoms with Crippen molar-refractivity contribution in [3.63, 3.8) is 0 Å². The Bertz CT molecular complexity index is 403. The second-order valence-corrected chi connectivity index (χ2v) is 8.57. The van der Waals surface area contributed by atoms with Crippen molar-refractivity contribution in [2.45, 2.75) is 79.2 Å². The summed E-state index contributed by atoms with van der Waals surface area (Å²) >= 11 is 0. The first kappa shape index (κ1) is 18.2. The van der Waals surface area contributed by atoms with Gasteiger partial charge in [-0.05, 0) is 47.8 Å². The van der Waals surface area contributed by atoms with E-state index < -0.39 is 0 Å². The Morgan fingerprint density at radius 1 is 0.952 bits per heavy atom. The van der Waals surface area contributed by atoms with Gasteiger partial charge in [0.15, 0.2) is 0 Å². The molecule has 1 aromatic carbocycles. The highest BCUT2D eigenvalue weighted by Crippen LogP contribution is 2.25. The minimum Gasteiger partial charge on any atom is -0.314 e. The van der Waals surface area contributed by atoms with Crippen LogP contribution < -0.4 is 5.32 Å². The predicted molar refractivity (Wildman–Crippen MR) is 95.0 cm³/mol. The second-order valence-electron chi connectivity index (χ2n) is 8.57. The number of hydrogen-bond donors (Lipinski definition) is 1. The van der Waals surface area contributed by atoms with E-state index >= 15 is 0 Å². The Kier molecular flexibility index (Phi) is 6.46. The Balaban J connectivity index is 2.73. The number of benzene rings is 1. The van der Waals surface area contributed by atoms with Crippen molar-refractivity contribution in [2.24, 2.45) is 5.41 Å². The van der Waals surface area contributed by atoms with Crippen molar-refractivity contribution in [1.82, 2.24) is 5.32 Å². The first-order valence-corrected chi connectivity index (χ1v) is 8.44. The van der Waals surface area contributed by atoms with Crippen LogP contribution in [-0.2, 0) is 11.8 Å². The highest BCUT2D eigenvalue weighted by atomic mass is 14.9. The summed E-state index contributed by atoms with van der Waals surface area (Å²) in [5.74, 6) is 0.